The van der Waals surface area contributed by atoms with Gasteiger partial charge < -0.3 is 5.32 Å². The highest BCUT2D eigenvalue weighted by Crippen LogP contribution is 2.16. The first-order chi connectivity index (χ1) is 7.63. The Labute approximate surface area is 105 Å². The summed E-state index contributed by atoms with van der Waals surface area (Å²) < 4.78 is 11.9. The van der Waals surface area contributed by atoms with E-state index in [1.165, 1.54) is 0 Å². The third kappa shape index (κ3) is 4.64. The van der Waals surface area contributed by atoms with E-state index < -0.39 is 10.8 Å². The summed E-state index contributed by atoms with van der Waals surface area (Å²) in [5.74, 6) is 1.20. The molecule has 0 aromatic heterocycles. The van der Waals surface area contributed by atoms with E-state index in [9.17, 15) is 4.21 Å². The van der Waals surface area contributed by atoms with Gasteiger partial charge in [0.05, 0.1) is 5.75 Å². The van der Waals surface area contributed by atoms with Crippen LogP contribution in [0.3, 0.4) is 0 Å². The molecule has 1 aromatic carbocycles. The SMILES string of the molecule is CCNC(C)CS(=O)Cc1ccccc1Cl. The molecular weight excluding hydrogens is 242 g/mol. The second-order valence-corrected chi connectivity index (χ2v) is 5.71. The molecule has 1 N–H and O–H groups in total. The van der Waals surface area contributed by atoms with Crippen molar-refractivity contribution >= 4 is 22.4 Å². The minimum atomic E-state index is -0.860. The van der Waals surface area contributed by atoms with Gasteiger partial charge in [0.1, 0.15) is 0 Å². The fourth-order valence-corrected chi connectivity index (χ4v) is 3.21. The van der Waals surface area contributed by atoms with E-state index in [0.29, 0.717) is 16.5 Å². The van der Waals surface area contributed by atoms with Gasteiger partial charge >= 0.3 is 0 Å². The van der Waals surface area contributed by atoms with E-state index in [0.717, 1.165) is 12.1 Å². The van der Waals surface area contributed by atoms with Gasteiger partial charge in [0.15, 0.2) is 0 Å². The Bertz CT molecular complexity index is 357. The van der Waals surface area contributed by atoms with Gasteiger partial charge in [-0.05, 0) is 25.1 Å². The molecule has 0 fully saturated rings. The van der Waals surface area contributed by atoms with Crippen LogP contribution in [0.15, 0.2) is 24.3 Å². The first-order valence-corrected chi connectivity index (χ1v) is 7.31. The zero-order chi connectivity index (χ0) is 12.0. The number of rotatable bonds is 6. The minimum absolute atomic E-state index is 0.285. The van der Waals surface area contributed by atoms with E-state index in [4.69, 9.17) is 11.6 Å². The quantitative estimate of drug-likeness (QED) is 0.851. The molecule has 0 radical (unpaired) electrons. The highest BCUT2D eigenvalue weighted by atomic mass is 35.5. The standard InChI is InChI=1S/C12H18ClNOS/c1-3-14-10(2)8-16(15)9-11-6-4-5-7-12(11)13/h4-7,10,14H,3,8-9H2,1-2H3. The van der Waals surface area contributed by atoms with Crippen LogP contribution in [0.2, 0.25) is 5.02 Å². The van der Waals surface area contributed by atoms with Crippen LogP contribution in [0, 0.1) is 0 Å². The molecule has 0 aliphatic rings. The lowest BCUT2D eigenvalue weighted by molar-refractivity contribution is 0.607. The predicted molar refractivity (Wildman–Crippen MR) is 71.3 cm³/mol. The summed E-state index contributed by atoms with van der Waals surface area (Å²) in [7, 11) is -0.860. The number of hydrogen-bond donors (Lipinski definition) is 1. The van der Waals surface area contributed by atoms with Gasteiger partial charge in [-0.15, -0.1) is 0 Å². The smallest absolute Gasteiger partial charge is 0.0501 e. The third-order valence-electron chi connectivity index (χ3n) is 2.26. The molecule has 0 aliphatic carbocycles. The molecule has 0 saturated heterocycles. The molecule has 4 heteroatoms. The van der Waals surface area contributed by atoms with Crippen molar-refractivity contribution in [3.63, 3.8) is 0 Å². The molecule has 1 aromatic rings. The Hall–Kier alpha value is -0.380. The number of nitrogens with one attached hydrogen (secondary N) is 1. The third-order valence-corrected chi connectivity index (χ3v) is 4.14. The fourth-order valence-electron chi connectivity index (χ4n) is 1.53. The van der Waals surface area contributed by atoms with E-state index in [2.05, 4.69) is 5.32 Å². The van der Waals surface area contributed by atoms with Crippen LogP contribution in [0.1, 0.15) is 19.4 Å². The monoisotopic (exact) mass is 259 g/mol. The van der Waals surface area contributed by atoms with Crippen molar-refractivity contribution in [2.75, 3.05) is 12.3 Å². The molecule has 0 amide bonds. The lowest BCUT2D eigenvalue weighted by atomic mass is 10.2. The van der Waals surface area contributed by atoms with Gasteiger partial charge in [-0.1, -0.05) is 36.7 Å². The summed E-state index contributed by atoms with van der Waals surface area (Å²) in [6.07, 6.45) is 0. The fraction of sp³-hybridized carbons (Fsp3) is 0.500. The van der Waals surface area contributed by atoms with Gasteiger partial charge in [0, 0.05) is 27.6 Å². The molecule has 16 heavy (non-hydrogen) atoms. The summed E-state index contributed by atoms with van der Waals surface area (Å²) in [4.78, 5) is 0. The minimum Gasteiger partial charge on any atom is -0.314 e. The van der Waals surface area contributed by atoms with Gasteiger partial charge in [-0.3, -0.25) is 4.21 Å². The van der Waals surface area contributed by atoms with E-state index in [1.54, 1.807) is 0 Å². The molecule has 0 heterocycles. The van der Waals surface area contributed by atoms with E-state index in [1.807, 2.05) is 38.1 Å². The summed E-state index contributed by atoms with van der Waals surface area (Å²) in [6.45, 7) is 5.01. The summed E-state index contributed by atoms with van der Waals surface area (Å²) >= 11 is 6.02. The number of halogens is 1. The van der Waals surface area contributed by atoms with Crippen molar-refractivity contribution < 1.29 is 4.21 Å². The predicted octanol–water partition coefficient (Wildman–Crippen LogP) is 2.59. The van der Waals surface area contributed by atoms with Crippen LogP contribution in [-0.4, -0.2) is 22.5 Å². The molecule has 2 unspecified atom stereocenters. The maximum absolute atomic E-state index is 11.9. The molecule has 1 rings (SSSR count). The average molecular weight is 260 g/mol. The van der Waals surface area contributed by atoms with Crippen molar-refractivity contribution in [3.05, 3.63) is 34.9 Å². The zero-order valence-corrected chi connectivity index (χ0v) is 11.3. The van der Waals surface area contributed by atoms with Crippen LogP contribution in [-0.2, 0) is 16.6 Å². The van der Waals surface area contributed by atoms with Crippen LogP contribution in [0.25, 0.3) is 0 Å². The highest BCUT2D eigenvalue weighted by molar-refractivity contribution is 7.84. The Morgan fingerprint density at radius 2 is 2.12 bits per heavy atom. The van der Waals surface area contributed by atoms with Crippen molar-refractivity contribution in [2.45, 2.75) is 25.6 Å². The largest absolute Gasteiger partial charge is 0.314 e. The zero-order valence-electron chi connectivity index (χ0n) is 9.70. The molecule has 90 valence electrons. The Morgan fingerprint density at radius 1 is 1.44 bits per heavy atom. The van der Waals surface area contributed by atoms with Crippen molar-refractivity contribution in [1.82, 2.24) is 5.32 Å². The summed E-state index contributed by atoms with van der Waals surface area (Å²) in [5, 5.41) is 3.95. The van der Waals surface area contributed by atoms with Crippen molar-refractivity contribution in [3.8, 4) is 0 Å². The van der Waals surface area contributed by atoms with Gasteiger partial charge in [-0.25, -0.2) is 0 Å². The molecular formula is C12H18ClNOS. The van der Waals surface area contributed by atoms with Crippen molar-refractivity contribution in [2.24, 2.45) is 0 Å². The number of hydrogen-bond acceptors (Lipinski definition) is 2. The first-order valence-electron chi connectivity index (χ1n) is 5.45. The van der Waals surface area contributed by atoms with Gasteiger partial charge in [0.2, 0.25) is 0 Å². The summed E-state index contributed by atoms with van der Waals surface area (Å²) in [6, 6.07) is 7.86. The van der Waals surface area contributed by atoms with Crippen LogP contribution in [0.5, 0.6) is 0 Å². The lowest BCUT2D eigenvalue weighted by Crippen LogP contribution is -2.31. The van der Waals surface area contributed by atoms with Gasteiger partial charge in [-0.2, -0.15) is 0 Å². The average Bonchev–Trinajstić information content (AvgIpc) is 2.21. The second-order valence-electron chi connectivity index (χ2n) is 3.80. The van der Waals surface area contributed by atoms with Crippen LogP contribution >= 0.6 is 11.6 Å². The lowest BCUT2D eigenvalue weighted by Gasteiger charge is -2.12. The molecule has 0 spiro atoms. The Morgan fingerprint density at radius 3 is 2.75 bits per heavy atom. The molecule has 0 bridgehead atoms. The Kier molecular flexibility index (Phi) is 6.03. The van der Waals surface area contributed by atoms with E-state index in [-0.39, 0.29) is 6.04 Å². The normalized spacial score (nSPS) is 14.7. The molecule has 2 nitrogen and oxygen atoms in total. The van der Waals surface area contributed by atoms with Gasteiger partial charge in [0.25, 0.3) is 0 Å². The first kappa shape index (κ1) is 13.7. The highest BCUT2D eigenvalue weighted by Gasteiger charge is 2.08. The van der Waals surface area contributed by atoms with Crippen molar-refractivity contribution in [1.29, 1.82) is 0 Å². The maximum Gasteiger partial charge on any atom is 0.0501 e. The second kappa shape index (κ2) is 7.05. The topological polar surface area (TPSA) is 29.1 Å². The maximum atomic E-state index is 11.9. The van der Waals surface area contributed by atoms with Crippen LogP contribution < -0.4 is 5.32 Å². The van der Waals surface area contributed by atoms with E-state index >= 15 is 0 Å². The molecule has 0 aliphatic heterocycles. The summed E-state index contributed by atoms with van der Waals surface area (Å²) in [5.41, 5.74) is 0.964. The van der Waals surface area contributed by atoms with Crippen LogP contribution in [0.4, 0.5) is 0 Å². The molecule has 0 saturated carbocycles. The number of benzene rings is 1. The molecule has 2 atom stereocenters. The Balaban J connectivity index is 2.49.